The highest BCUT2D eigenvalue weighted by Gasteiger charge is 2.15. The minimum Gasteiger partial charge on any atom is -0.384 e. The predicted octanol–water partition coefficient (Wildman–Crippen LogP) is 2.71. The van der Waals surface area contributed by atoms with E-state index in [0.29, 0.717) is 10.6 Å². The maximum Gasteiger partial charge on any atom is 0.181 e. The number of nitrogens with zero attached hydrogens (tertiary/aromatic N) is 3. The Hall–Kier alpha value is -1.12. The van der Waals surface area contributed by atoms with Gasteiger partial charge in [-0.15, -0.1) is 10.2 Å². The van der Waals surface area contributed by atoms with Crippen LogP contribution in [0.5, 0.6) is 0 Å². The first-order chi connectivity index (χ1) is 9.01. The van der Waals surface area contributed by atoms with E-state index in [9.17, 15) is 0 Å². The van der Waals surface area contributed by atoms with Crippen molar-refractivity contribution < 1.29 is 0 Å². The van der Waals surface area contributed by atoms with Crippen LogP contribution in [-0.2, 0) is 0 Å². The highest BCUT2D eigenvalue weighted by Crippen LogP contribution is 2.34. The Bertz CT molecular complexity index is 623. The average molecular weight is 311 g/mol. The van der Waals surface area contributed by atoms with Crippen molar-refractivity contribution in [2.45, 2.75) is 27.6 Å². The van der Waals surface area contributed by atoms with Gasteiger partial charge in [0.15, 0.2) is 8.68 Å². The number of hydrogen-bond donors (Lipinski definition) is 2. The summed E-state index contributed by atoms with van der Waals surface area (Å²) in [7, 11) is 0. The van der Waals surface area contributed by atoms with Gasteiger partial charge in [0.1, 0.15) is 10.9 Å². The van der Waals surface area contributed by atoms with Gasteiger partial charge in [-0.25, -0.2) is 4.98 Å². The van der Waals surface area contributed by atoms with E-state index >= 15 is 0 Å². The van der Waals surface area contributed by atoms with Crippen LogP contribution in [0.4, 0.5) is 0 Å². The fourth-order valence-corrected chi connectivity index (χ4v) is 4.22. The van der Waals surface area contributed by atoms with Crippen LogP contribution in [0.1, 0.15) is 16.8 Å². The Kier molecular flexibility index (Phi) is 4.43. The minimum absolute atomic E-state index is 0.0297. The maximum atomic E-state index is 7.68. The van der Waals surface area contributed by atoms with Gasteiger partial charge in [0, 0.05) is 5.69 Å². The number of nitrogen functional groups attached to an aromatic ring is 1. The molecular weight excluding hydrogens is 298 g/mol. The summed E-state index contributed by atoms with van der Waals surface area (Å²) in [6.45, 7) is 3.86. The van der Waals surface area contributed by atoms with Gasteiger partial charge in [0.05, 0.1) is 5.56 Å². The molecule has 0 saturated carbocycles. The van der Waals surface area contributed by atoms with Crippen molar-refractivity contribution in [3.63, 3.8) is 0 Å². The largest absolute Gasteiger partial charge is 0.384 e. The zero-order chi connectivity index (χ0) is 14.0. The Morgan fingerprint density at radius 1 is 1.32 bits per heavy atom. The van der Waals surface area contributed by atoms with E-state index in [1.807, 2.05) is 26.2 Å². The van der Waals surface area contributed by atoms with Gasteiger partial charge in [-0.2, -0.15) is 0 Å². The van der Waals surface area contributed by atoms with Crippen LogP contribution in [0, 0.1) is 19.3 Å². The molecule has 0 aliphatic heterocycles. The van der Waals surface area contributed by atoms with Crippen molar-refractivity contribution in [1.29, 1.82) is 5.41 Å². The lowest BCUT2D eigenvalue weighted by Gasteiger charge is -2.09. The molecule has 0 amide bonds. The fraction of sp³-hybridized carbons (Fsp3) is 0.273. The van der Waals surface area contributed by atoms with Crippen molar-refractivity contribution in [2.24, 2.45) is 5.73 Å². The number of amidine groups is 1. The quantitative estimate of drug-likeness (QED) is 0.513. The normalized spacial score (nSPS) is 10.7. The van der Waals surface area contributed by atoms with Gasteiger partial charge in [0.2, 0.25) is 0 Å². The van der Waals surface area contributed by atoms with Crippen molar-refractivity contribution in [1.82, 2.24) is 15.2 Å². The number of aromatic nitrogens is 3. The first kappa shape index (κ1) is 14.3. The van der Waals surface area contributed by atoms with Crippen molar-refractivity contribution >= 4 is 40.7 Å². The molecule has 0 fully saturated rings. The number of thioether (sulfide) groups is 1. The van der Waals surface area contributed by atoms with Gasteiger partial charge in [-0.3, -0.25) is 5.41 Å². The number of nitrogens with one attached hydrogen (secondary N) is 1. The van der Waals surface area contributed by atoms with Crippen LogP contribution in [0.15, 0.2) is 19.8 Å². The molecule has 100 valence electrons. The third-order valence-electron chi connectivity index (χ3n) is 2.33. The zero-order valence-electron chi connectivity index (χ0n) is 10.7. The van der Waals surface area contributed by atoms with Crippen LogP contribution < -0.4 is 5.73 Å². The first-order valence-electron chi connectivity index (χ1n) is 5.39. The lowest BCUT2D eigenvalue weighted by atomic mass is 10.1. The summed E-state index contributed by atoms with van der Waals surface area (Å²) in [5, 5.41) is 16.5. The van der Waals surface area contributed by atoms with Gasteiger partial charge in [0.25, 0.3) is 0 Å². The SMILES string of the molecule is CSc1nnc(Sc2nc(C)cc(C)c2C(=N)N)s1. The number of aryl methyl sites for hydroxylation is 2. The second-order valence-electron chi connectivity index (χ2n) is 3.81. The third kappa shape index (κ3) is 3.26. The molecule has 0 aliphatic carbocycles. The van der Waals surface area contributed by atoms with Gasteiger partial charge in [-0.1, -0.05) is 23.1 Å². The van der Waals surface area contributed by atoms with Crippen molar-refractivity contribution in [2.75, 3.05) is 6.26 Å². The van der Waals surface area contributed by atoms with Crippen LogP contribution in [0.3, 0.4) is 0 Å². The van der Waals surface area contributed by atoms with E-state index in [-0.39, 0.29) is 5.84 Å². The topological polar surface area (TPSA) is 88.5 Å². The van der Waals surface area contributed by atoms with Crippen LogP contribution in [-0.4, -0.2) is 27.3 Å². The summed E-state index contributed by atoms with van der Waals surface area (Å²) >= 11 is 4.48. The van der Waals surface area contributed by atoms with E-state index in [1.54, 1.807) is 11.8 Å². The van der Waals surface area contributed by atoms with E-state index in [0.717, 1.165) is 19.9 Å². The highest BCUT2D eigenvalue weighted by molar-refractivity contribution is 8.03. The number of pyridine rings is 1. The first-order valence-corrected chi connectivity index (χ1v) is 8.25. The lowest BCUT2D eigenvalue weighted by Crippen LogP contribution is -2.15. The highest BCUT2D eigenvalue weighted by atomic mass is 32.2. The molecule has 2 aromatic rings. The molecule has 0 spiro atoms. The van der Waals surface area contributed by atoms with E-state index in [2.05, 4.69) is 15.2 Å². The molecule has 2 aromatic heterocycles. The number of nitrogens with two attached hydrogens (primary N) is 1. The summed E-state index contributed by atoms with van der Waals surface area (Å²) < 4.78 is 1.72. The van der Waals surface area contributed by atoms with Gasteiger partial charge < -0.3 is 5.73 Å². The maximum absolute atomic E-state index is 7.68. The fourth-order valence-electron chi connectivity index (χ4n) is 1.61. The lowest BCUT2D eigenvalue weighted by molar-refractivity contribution is 0.950. The molecule has 5 nitrogen and oxygen atoms in total. The Balaban J connectivity index is 2.40. The van der Waals surface area contributed by atoms with Crippen LogP contribution >= 0.6 is 34.9 Å². The van der Waals surface area contributed by atoms with Gasteiger partial charge >= 0.3 is 0 Å². The van der Waals surface area contributed by atoms with Crippen LogP contribution in [0.2, 0.25) is 0 Å². The zero-order valence-corrected chi connectivity index (χ0v) is 13.2. The molecular formula is C11H13N5S3. The predicted molar refractivity (Wildman–Crippen MR) is 80.5 cm³/mol. The van der Waals surface area contributed by atoms with E-state index in [4.69, 9.17) is 11.1 Å². The summed E-state index contributed by atoms with van der Waals surface area (Å²) in [4.78, 5) is 4.46. The van der Waals surface area contributed by atoms with Crippen molar-refractivity contribution in [3.8, 4) is 0 Å². The second-order valence-corrected chi connectivity index (χ2v) is 7.08. The molecule has 0 aliphatic rings. The summed E-state index contributed by atoms with van der Waals surface area (Å²) in [5.41, 5.74) is 8.18. The number of rotatable bonds is 4. The molecule has 8 heteroatoms. The molecule has 0 unspecified atom stereocenters. The summed E-state index contributed by atoms with van der Waals surface area (Å²) in [5.74, 6) is 0.0297. The van der Waals surface area contributed by atoms with E-state index < -0.39 is 0 Å². The molecule has 0 saturated heterocycles. The van der Waals surface area contributed by atoms with Crippen LogP contribution in [0.25, 0.3) is 0 Å². The second kappa shape index (κ2) is 5.89. The molecule has 2 heterocycles. The monoisotopic (exact) mass is 311 g/mol. The molecule has 0 atom stereocenters. The summed E-state index contributed by atoms with van der Waals surface area (Å²) in [6.07, 6.45) is 1.96. The molecule has 0 bridgehead atoms. The molecule has 0 radical (unpaired) electrons. The van der Waals surface area contributed by atoms with E-state index in [1.165, 1.54) is 23.1 Å². The molecule has 0 aromatic carbocycles. The molecule has 19 heavy (non-hydrogen) atoms. The Morgan fingerprint density at radius 3 is 2.58 bits per heavy atom. The average Bonchev–Trinajstić information content (AvgIpc) is 2.75. The summed E-state index contributed by atoms with van der Waals surface area (Å²) in [6, 6.07) is 1.92. The standard InChI is InChI=1S/C11H13N5S3/c1-5-4-6(2)14-9(7(5)8(12)13)18-11-16-15-10(17-3)19-11/h4H,1-3H3,(H3,12,13). The number of hydrogen-bond acceptors (Lipinski definition) is 7. The smallest absolute Gasteiger partial charge is 0.181 e. The van der Waals surface area contributed by atoms with Crippen molar-refractivity contribution in [3.05, 3.63) is 22.9 Å². The molecule has 3 N–H and O–H groups in total. The Labute approximate surface area is 123 Å². The third-order valence-corrected chi connectivity index (χ3v) is 5.27. The minimum atomic E-state index is 0.0297. The van der Waals surface area contributed by atoms with Gasteiger partial charge in [-0.05, 0) is 43.5 Å². The molecule has 2 rings (SSSR count). The Morgan fingerprint density at radius 2 is 2.00 bits per heavy atom.